The van der Waals surface area contributed by atoms with Gasteiger partial charge >= 0.3 is 0 Å². The van der Waals surface area contributed by atoms with Gasteiger partial charge in [-0.2, -0.15) is 0 Å². The molecule has 1 aromatic carbocycles. The van der Waals surface area contributed by atoms with Crippen molar-refractivity contribution >= 4 is 6.08 Å². The van der Waals surface area contributed by atoms with E-state index in [1.54, 1.807) is 0 Å². The highest BCUT2D eigenvalue weighted by atomic mass is 16.5. The van der Waals surface area contributed by atoms with Crippen LogP contribution in [0.4, 0.5) is 0 Å². The third-order valence-electron chi connectivity index (χ3n) is 2.47. The van der Waals surface area contributed by atoms with Crippen molar-refractivity contribution in [3.8, 4) is 0 Å². The van der Waals surface area contributed by atoms with Gasteiger partial charge in [-0.3, -0.25) is 0 Å². The molecule has 1 aromatic rings. The van der Waals surface area contributed by atoms with E-state index in [0.717, 1.165) is 26.1 Å². The Morgan fingerprint density at radius 3 is 2.88 bits per heavy atom. The van der Waals surface area contributed by atoms with Crippen molar-refractivity contribution in [1.82, 2.24) is 0 Å². The van der Waals surface area contributed by atoms with Crippen LogP contribution in [0.2, 0.25) is 0 Å². The molecule has 0 heterocycles. The number of hydrogen-bond acceptors (Lipinski definition) is 1. The zero-order chi connectivity index (χ0) is 11.6. The standard InChI is InChI=1S/C15H22O/c1-3-16-12-7-5-4-6-10-15-11-8-9-14(2)13-15/h6,8-11,13H,3-5,7,12H2,1-2H3/b10-6+. The molecule has 0 fully saturated rings. The first-order chi connectivity index (χ1) is 7.83. The average molecular weight is 218 g/mol. The second-order valence-electron chi connectivity index (χ2n) is 4.01. The van der Waals surface area contributed by atoms with Crippen molar-refractivity contribution in [2.45, 2.75) is 33.1 Å². The molecule has 88 valence electrons. The highest BCUT2D eigenvalue weighted by Crippen LogP contribution is 2.07. The van der Waals surface area contributed by atoms with Crippen molar-refractivity contribution in [3.63, 3.8) is 0 Å². The van der Waals surface area contributed by atoms with Gasteiger partial charge in [-0.25, -0.2) is 0 Å². The Balaban J connectivity index is 2.17. The molecule has 0 aliphatic rings. The van der Waals surface area contributed by atoms with Crippen LogP contribution in [-0.2, 0) is 4.74 Å². The molecule has 0 bridgehead atoms. The van der Waals surface area contributed by atoms with Crippen LogP contribution in [0.25, 0.3) is 6.08 Å². The van der Waals surface area contributed by atoms with Gasteiger partial charge in [0.15, 0.2) is 0 Å². The second kappa shape index (κ2) is 8.12. The summed E-state index contributed by atoms with van der Waals surface area (Å²) in [5, 5.41) is 0. The first-order valence-corrected chi connectivity index (χ1v) is 6.14. The quantitative estimate of drug-likeness (QED) is 0.623. The first-order valence-electron chi connectivity index (χ1n) is 6.14. The van der Waals surface area contributed by atoms with E-state index in [9.17, 15) is 0 Å². The highest BCUT2D eigenvalue weighted by Gasteiger charge is 1.88. The summed E-state index contributed by atoms with van der Waals surface area (Å²) in [7, 11) is 0. The number of unbranched alkanes of at least 4 members (excludes halogenated alkanes) is 2. The van der Waals surface area contributed by atoms with Gasteiger partial charge in [0, 0.05) is 13.2 Å². The maximum absolute atomic E-state index is 5.29. The molecule has 0 atom stereocenters. The molecule has 0 aromatic heterocycles. The lowest BCUT2D eigenvalue weighted by atomic mass is 10.1. The fourth-order valence-corrected chi connectivity index (χ4v) is 1.60. The summed E-state index contributed by atoms with van der Waals surface area (Å²) in [5.41, 5.74) is 2.61. The molecule has 0 amide bonds. The molecule has 0 N–H and O–H groups in total. The summed E-state index contributed by atoms with van der Waals surface area (Å²) in [6, 6.07) is 8.57. The van der Waals surface area contributed by atoms with Gasteiger partial charge in [-0.15, -0.1) is 0 Å². The van der Waals surface area contributed by atoms with Gasteiger partial charge in [0.25, 0.3) is 0 Å². The molecule has 0 aliphatic heterocycles. The molecule has 16 heavy (non-hydrogen) atoms. The van der Waals surface area contributed by atoms with E-state index in [1.807, 2.05) is 6.92 Å². The lowest BCUT2D eigenvalue weighted by molar-refractivity contribution is 0.143. The highest BCUT2D eigenvalue weighted by molar-refractivity contribution is 5.49. The number of benzene rings is 1. The second-order valence-corrected chi connectivity index (χ2v) is 4.01. The van der Waals surface area contributed by atoms with Crippen molar-refractivity contribution in [1.29, 1.82) is 0 Å². The Morgan fingerprint density at radius 1 is 1.25 bits per heavy atom. The van der Waals surface area contributed by atoms with Gasteiger partial charge in [0.2, 0.25) is 0 Å². The molecule has 1 nitrogen and oxygen atoms in total. The summed E-state index contributed by atoms with van der Waals surface area (Å²) in [4.78, 5) is 0. The summed E-state index contributed by atoms with van der Waals surface area (Å²) in [5.74, 6) is 0. The SMILES string of the molecule is CCOCCCC/C=C/c1cccc(C)c1. The minimum atomic E-state index is 0.832. The normalized spacial score (nSPS) is 11.1. The topological polar surface area (TPSA) is 9.23 Å². The minimum absolute atomic E-state index is 0.832. The van der Waals surface area contributed by atoms with E-state index >= 15 is 0 Å². The maximum atomic E-state index is 5.29. The Hall–Kier alpha value is -1.08. The van der Waals surface area contributed by atoms with E-state index in [-0.39, 0.29) is 0 Å². The van der Waals surface area contributed by atoms with E-state index in [2.05, 4.69) is 43.3 Å². The Bertz CT molecular complexity index is 315. The van der Waals surface area contributed by atoms with Crippen LogP contribution in [0, 0.1) is 6.92 Å². The zero-order valence-electron chi connectivity index (χ0n) is 10.4. The van der Waals surface area contributed by atoms with Gasteiger partial charge < -0.3 is 4.74 Å². The van der Waals surface area contributed by atoms with Crippen molar-refractivity contribution in [2.24, 2.45) is 0 Å². The summed E-state index contributed by atoms with van der Waals surface area (Å²) in [6.07, 6.45) is 7.96. The molecular weight excluding hydrogens is 196 g/mol. The van der Waals surface area contributed by atoms with E-state index in [0.29, 0.717) is 0 Å². The van der Waals surface area contributed by atoms with E-state index < -0.39 is 0 Å². The predicted molar refractivity (Wildman–Crippen MR) is 70.6 cm³/mol. The summed E-state index contributed by atoms with van der Waals surface area (Å²) >= 11 is 0. The lowest BCUT2D eigenvalue weighted by Gasteiger charge is -1.99. The molecule has 1 heteroatoms. The van der Waals surface area contributed by atoms with Crippen molar-refractivity contribution in [2.75, 3.05) is 13.2 Å². The smallest absolute Gasteiger partial charge is 0.0466 e. The molecule has 0 saturated carbocycles. The van der Waals surface area contributed by atoms with Crippen LogP contribution in [0.3, 0.4) is 0 Å². The first kappa shape index (κ1) is 13.0. The number of rotatable bonds is 7. The number of hydrogen-bond donors (Lipinski definition) is 0. The van der Waals surface area contributed by atoms with E-state index in [4.69, 9.17) is 4.74 Å². The minimum Gasteiger partial charge on any atom is -0.382 e. The Labute approximate surface area is 99.1 Å². The molecule has 0 unspecified atom stereocenters. The number of ether oxygens (including phenoxy) is 1. The largest absolute Gasteiger partial charge is 0.382 e. The number of aryl methyl sites for hydroxylation is 1. The summed E-state index contributed by atoms with van der Waals surface area (Å²) < 4.78 is 5.29. The van der Waals surface area contributed by atoms with Crippen LogP contribution < -0.4 is 0 Å². The molecule has 0 saturated heterocycles. The molecule has 1 rings (SSSR count). The average Bonchev–Trinajstić information content (AvgIpc) is 2.28. The molecule has 0 radical (unpaired) electrons. The van der Waals surface area contributed by atoms with Gasteiger partial charge in [-0.1, -0.05) is 42.0 Å². The third-order valence-corrected chi connectivity index (χ3v) is 2.47. The number of allylic oxidation sites excluding steroid dienone is 1. The zero-order valence-corrected chi connectivity index (χ0v) is 10.4. The van der Waals surface area contributed by atoms with Gasteiger partial charge in [-0.05, 0) is 38.7 Å². The Morgan fingerprint density at radius 2 is 2.12 bits per heavy atom. The molecule has 0 spiro atoms. The molecule has 0 aliphatic carbocycles. The third kappa shape index (κ3) is 5.72. The Kier molecular flexibility index (Phi) is 6.59. The van der Waals surface area contributed by atoms with Crippen molar-refractivity contribution < 1.29 is 4.74 Å². The lowest BCUT2D eigenvalue weighted by Crippen LogP contribution is -1.92. The van der Waals surface area contributed by atoms with Crippen molar-refractivity contribution in [3.05, 3.63) is 41.5 Å². The van der Waals surface area contributed by atoms with Crippen LogP contribution >= 0.6 is 0 Å². The van der Waals surface area contributed by atoms with Crippen LogP contribution in [0.5, 0.6) is 0 Å². The van der Waals surface area contributed by atoms with Crippen LogP contribution in [-0.4, -0.2) is 13.2 Å². The molecular formula is C15H22O. The maximum Gasteiger partial charge on any atom is 0.0466 e. The fourth-order valence-electron chi connectivity index (χ4n) is 1.60. The van der Waals surface area contributed by atoms with Crippen LogP contribution in [0.15, 0.2) is 30.3 Å². The fraction of sp³-hybridized carbons (Fsp3) is 0.467. The monoisotopic (exact) mass is 218 g/mol. The predicted octanol–water partition coefficient (Wildman–Crippen LogP) is 4.22. The summed E-state index contributed by atoms with van der Waals surface area (Å²) in [6.45, 7) is 5.89. The van der Waals surface area contributed by atoms with Gasteiger partial charge in [0.05, 0.1) is 0 Å². The van der Waals surface area contributed by atoms with Crippen LogP contribution in [0.1, 0.15) is 37.3 Å². The van der Waals surface area contributed by atoms with Gasteiger partial charge in [0.1, 0.15) is 0 Å². The van der Waals surface area contributed by atoms with E-state index in [1.165, 1.54) is 17.5 Å².